The highest BCUT2D eigenvalue weighted by molar-refractivity contribution is 9.10. The lowest BCUT2D eigenvalue weighted by molar-refractivity contribution is 0.104. The van der Waals surface area contributed by atoms with Crippen LogP contribution in [-0.4, -0.2) is 32.6 Å². The van der Waals surface area contributed by atoms with E-state index in [1.165, 1.54) is 43.6 Å². The molecule has 0 radical (unpaired) electrons. The second-order valence-corrected chi connectivity index (χ2v) is 8.69. The Morgan fingerprint density at radius 1 is 1.27 bits per heavy atom. The minimum absolute atomic E-state index is 0.107. The van der Waals surface area contributed by atoms with Gasteiger partial charge in [0, 0.05) is 34.4 Å². The average Bonchev–Trinajstić information content (AvgIpc) is 2.90. The van der Waals surface area contributed by atoms with Crippen LogP contribution in [0, 0.1) is 0 Å². The predicted octanol–water partition coefficient (Wildman–Crippen LogP) is 3.66. The van der Waals surface area contributed by atoms with E-state index in [-0.39, 0.29) is 10.7 Å². The van der Waals surface area contributed by atoms with Gasteiger partial charge in [-0.2, -0.15) is 0 Å². The van der Waals surface area contributed by atoms with Crippen LogP contribution in [0.15, 0.2) is 51.2 Å². The van der Waals surface area contributed by atoms with Crippen LogP contribution >= 0.6 is 27.3 Å². The van der Waals surface area contributed by atoms with Gasteiger partial charge in [0.2, 0.25) is 10.0 Å². The van der Waals surface area contributed by atoms with Crippen LogP contribution in [0.3, 0.4) is 0 Å². The molecular weight excluding hydrogens is 386 g/mol. The Balaban J connectivity index is 2.26. The molecule has 1 aromatic carbocycles. The molecule has 7 heteroatoms. The molecule has 0 atom stereocenters. The van der Waals surface area contributed by atoms with E-state index in [4.69, 9.17) is 0 Å². The molecule has 0 aliphatic carbocycles. The van der Waals surface area contributed by atoms with Crippen molar-refractivity contribution in [2.75, 3.05) is 14.1 Å². The molecule has 4 nitrogen and oxygen atoms in total. The highest BCUT2D eigenvalue weighted by atomic mass is 79.9. The van der Waals surface area contributed by atoms with Gasteiger partial charge < -0.3 is 0 Å². The Morgan fingerprint density at radius 3 is 2.59 bits per heavy atom. The van der Waals surface area contributed by atoms with Crippen LogP contribution < -0.4 is 0 Å². The van der Waals surface area contributed by atoms with Crippen molar-refractivity contribution in [3.63, 3.8) is 0 Å². The molecule has 2 aromatic rings. The smallest absolute Gasteiger partial charge is 0.242 e. The van der Waals surface area contributed by atoms with Gasteiger partial charge in [0.1, 0.15) is 0 Å². The number of rotatable bonds is 5. The normalized spacial score (nSPS) is 12.2. The summed E-state index contributed by atoms with van der Waals surface area (Å²) in [5.74, 6) is -0.236. The summed E-state index contributed by atoms with van der Waals surface area (Å²) in [6.07, 6.45) is 3.16. The van der Waals surface area contributed by atoms with Crippen molar-refractivity contribution in [1.29, 1.82) is 0 Å². The zero-order valence-electron chi connectivity index (χ0n) is 12.0. The number of thiophene rings is 1. The van der Waals surface area contributed by atoms with Gasteiger partial charge >= 0.3 is 0 Å². The molecule has 0 amide bonds. The number of halogens is 1. The molecule has 0 saturated carbocycles. The standard InChI is InChI=1S/C15H14BrNO3S2/c1-17(2)22(19,20)14-5-3-4-11(8-14)15(18)7-6-13-9-12(16)10-21-13/h3-10H,1-2H3/b7-6+. The maximum Gasteiger partial charge on any atom is 0.242 e. The Kier molecular flexibility index (Phi) is 5.33. The lowest BCUT2D eigenvalue weighted by Gasteiger charge is -2.11. The third-order valence-corrected chi connectivity index (χ3v) is 6.35. The Hall–Kier alpha value is -1.28. The molecule has 1 heterocycles. The number of allylic oxidation sites excluding steroid dienone is 1. The maximum atomic E-state index is 12.2. The van der Waals surface area contributed by atoms with Gasteiger partial charge in [-0.3, -0.25) is 4.79 Å². The maximum absolute atomic E-state index is 12.2. The second-order valence-electron chi connectivity index (χ2n) is 4.68. The summed E-state index contributed by atoms with van der Waals surface area (Å²) in [5.41, 5.74) is 0.342. The molecule has 0 N–H and O–H groups in total. The fourth-order valence-electron chi connectivity index (χ4n) is 1.69. The molecule has 22 heavy (non-hydrogen) atoms. The van der Waals surface area contributed by atoms with E-state index in [0.29, 0.717) is 5.56 Å². The van der Waals surface area contributed by atoms with E-state index in [9.17, 15) is 13.2 Å². The topological polar surface area (TPSA) is 54.5 Å². The highest BCUT2D eigenvalue weighted by Gasteiger charge is 2.18. The quantitative estimate of drug-likeness (QED) is 0.569. The van der Waals surface area contributed by atoms with Crippen LogP contribution in [0.2, 0.25) is 0 Å². The van der Waals surface area contributed by atoms with Gasteiger partial charge in [-0.15, -0.1) is 11.3 Å². The van der Waals surface area contributed by atoms with Gasteiger partial charge in [0.05, 0.1) is 4.90 Å². The largest absolute Gasteiger partial charge is 0.289 e. The van der Waals surface area contributed by atoms with Crippen molar-refractivity contribution >= 4 is 49.1 Å². The first-order valence-electron chi connectivity index (χ1n) is 6.30. The first-order chi connectivity index (χ1) is 10.3. The summed E-state index contributed by atoms with van der Waals surface area (Å²) in [7, 11) is -0.630. The molecule has 0 fully saturated rings. The van der Waals surface area contributed by atoms with Crippen LogP contribution in [0.1, 0.15) is 15.2 Å². The van der Waals surface area contributed by atoms with E-state index in [1.807, 2.05) is 11.4 Å². The summed E-state index contributed by atoms with van der Waals surface area (Å²) >= 11 is 4.86. The SMILES string of the molecule is CN(C)S(=O)(=O)c1cccc(C(=O)/C=C/c2cc(Br)cs2)c1. The molecule has 0 saturated heterocycles. The Labute approximate surface area is 142 Å². The van der Waals surface area contributed by atoms with Crippen molar-refractivity contribution in [3.05, 3.63) is 56.7 Å². The van der Waals surface area contributed by atoms with Crippen LogP contribution in [0.25, 0.3) is 6.08 Å². The van der Waals surface area contributed by atoms with Gasteiger partial charge in [-0.25, -0.2) is 12.7 Å². The van der Waals surface area contributed by atoms with Crippen molar-refractivity contribution < 1.29 is 13.2 Å². The molecule has 0 unspecified atom stereocenters. The number of carbonyl (C=O) groups is 1. The van der Waals surface area contributed by atoms with E-state index in [0.717, 1.165) is 13.7 Å². The molecule has 1 aromatic heterocycles. The number of carbonyl (C=O) groups excluding carboxylic acids is 1. The van der Waals surface area contributed by atoms with Crippen molar-refractivity contribution in [1.82, 2.24) is 4.31 Å². The van der Waals surface area contributed by atoms with E-state index in [2.05, 4.69) is 15.9 Å². The number of sulfonamides is 1. The molecule has 0 aliphatic heterocycles. The van der Waals surface area contributed by atoms with Gasteiger partial charge in [0.25, 0.3) is 0 Å². The zero-order valence-corrected chi connectivity index (χ0v) is 15.2. The highest BCUT2D eigenvalue weighted by Crippen LogP contribution is 2.21. The minimum atomic E-state index is -3.54. The number of hydrogen-bond acceptors (Lipinski definition) is 4. The minimum Gasteiger partial charge on any atom is -0.289 e. The monoisotopic (exact) mass is 399 g/mol. The predicted molar refractivity (Wildman–Crippen MR) is 92.7 cm³/mol. The molecule has 0 bridgehead atoms. The van der Waals surface area contributed by atoms with E-state index < -0.39 is 10.0 Å². The number of benzene rings is 1. The molecular formula is C15H14BrNO3S2. The molecule has 0 spiro atoms. The Morgan fingerprint density at radius 2 is 2.00 bits per heavy atom. The second kappa shape index (κ2) is 6.87. The molecule has 2 rings (SSSR count). The van der Waals surface area contributed by atoms with Crippen LogP contribution in [0.4, 0.5) is 0 Å². The molecule has 0 aliphatic rings. The van der Waals surface area contributed by atoms with Crippen LogP contribution in [0.5, 0.6) is 0 Å². The summed E-state index contributed by atoms with van der Waals surface area (Å²) < 4.78 is 26.2. The molecule has 116 valence electrons. The summed E-state index contributed by atoms with van der Waals surface area (Å²) in [6, 6.07) is 7.95. The fraction of sp³-hybridized carbons (Fsp3) is 0.133. The van der Waals surface area contributed by atoms with Crippen LogP contribution in [-0.2, 0) is 10.0 Å². The number of hydrogen-bond donors (Lipinski definition) is 0. The first kappa shape index (κ1) is 17.1. The van der Waals surface area contributed by atoms with Gasteiger partial charge in [-0.05, 0) is 46.3 Å². The lowest BCUT2D eigenvalue weighted by Crippen LogP contribution is -2.22. The summed E-state index contributed by atoms with van der Waals surface area (Å²) in [6.45, 7) is 0. The van der Waals surface area contributed by atoms with E-state index >= 15 is 0 Å². The third kappa shape index (κ3) is 3.92. The lowest BCUT2D eigenvalue weighted by atomic mass is 10.1. The van der Waals surface area contributed by atoms with Crippen molar-refractivity contribution in [2.24, 2.45) is 0 Å². The summed E-state index contributed by atoms with van der Waals surface area (Å²) in [4.78, 5) is 13.2. The van der Waals surface area contributed by atoms with Crippen molar-refractivity contribution in [2.45, 2.75) is 4.90 Å². The Bertz CT molecular complexity index is 823. The third-order valence-electron chi connectivity index (χ3n) is 2.88. The van der Waals surface area contributed by atoms with Gasteiger partial charge in [-0.1, -0.05) is 12.1 Å². The average molecular weight is 400 g/mol. The number of nitrogens with zero attached hydrogens (tertiary/aromatic N) is 1. The first-order valence-corrected chi connectivity index (χ1v) is 9.41. The van der Waals surface area contributed by atoms with E-state index in [1.54, 1.807) is 18.2 Å². The summed E-state index contributed by atoms with van der Waals surface area (Å²) in [5, 5.41) is 1.93. The number of ketones is 1. The van der Waals surface area contributed by atoms with Crippen molar-refractivity contribution in [3.8, 4) is 0 Å². The van der Waals surface area contributed by atoms with Gasteiger partial charge in [0.15, 0.2) is 5.78 Å². The fourth-order valence-corrected chi connectivity index (χ4v) is 3.98. The zero-order chi connectivity index (χ0) is 16.3.